The Hall–Kier alpha value is -3.47. The average molecular weight is 348 g/mol. The number of amides is 1. The Morgan fingerprint density at radius 1 is 0.769 bits per heavy atom. The highest BCUT2D eigenvalue weighted by atomic mass is 19.1. The van der Waals surface area contributed by atoms with E-state index < -0.39 is 5.82 Å². The molecule has 26 heavy (non-hydrogen) atoms. The second kappa shape index (κ2) is 8.07. The Bertz CT molecular complexity index is 926. The Labute approximate surface area is 150 Å². The molecular formula is C21H17FN2O2. The van der Waals surface area contributed by atoms with Crippen LogP contribution >= 0.6 is 0 Å². The molecule has 0 heterocycles. The summed E-state index contributed by atoms with van der Waals surface area (Å²) in [5.74, 6) is -0.981. The van der Waals surface area contributed by atoms with Crippen molar-refractivity contribution in [3.05, 3.63) is 95.8 Å². The second-order valence-electron chi connectivity index (χ2n) is 5.62. The molecule has 0 saturated carbocycles. The molecule has 0 atom stereocenters. The van der Waals surface area contributed by atoms with Crippen LogP contribution in [0.5, 0.6) is 0 Å². The number of hydrogen-bond donors (Lipinski definition) is 2. The molecule has 0 fully saturated rings. The molecule has 0 aliphatic rings. The quantitative estimate of drug-likeness (QED) is 0.659. The Morgan fingerprint density at radius 3 is 2.12 bits per heavy atom. The summed E-state index contributed by atoms with van der Waals surface area (Å²) in [5.41, 5.74) is 1.61. The van der Waals surface area contributed by atoms with E-state index in [2.05, 4.69) is 10.6 Å². The van der Waals surface area contributed by atoms with Gasteiger partial charge in [-0.05, 0) is 24.3 Å². The van der Waals surface area contributed by atoms with Crippen LogP contribution in [0.2, 0.25) is 0 Å². The fraction of sp³-hybridized carbons (Fsp3) is 0.0476. The zero-order chi connectivity index (χ0) is 18.4. The second-order valence-corrected chi connectivity index (χ2v) is 5.62. The van der Waals surface area contributed by atoms with Gasteiger partial charge in [0.2, 0.25) is 5.91 Å². The molecule has 0 saturated heterocycles. The first-order valence-corrected chi connectivity index (χ1v) is 8.12. The number of carbonyl (C=O) groups excluding carboxylic acids is 2. The summed E-state index contributed by atoms with van der Waals surface area (Å²) in [7, 11) is 0. The van der Waals surface area contributed by atoms with Crippen molar-refractivity contribution in [2.75, 3.05) is 17.2 Å². The minimum atomic E-state index is -0.431. The van der Waals surface area contributed by atoms with Gasteiger partial charge in [0, 0.05) is 11.1 Å². The first kappa shape index (κ1) is 17.4. The lowest BCUT2D eigenvalue weighted by Gasteiger charge is -2.12. The van der Waals surface area contributed by atoms with Crippen LogP contribution in [0.25, 0.3) is 0 Å². The monoisotopic (exact) mass is 348 g/mol. The van der Waals surface area contributed by atoms with Crippen molar-refractivity contribution >= 4 is 23.1 Å². The molecular weight excluding hydrogens is 331 g/mol. The van der Waals surface area contributed by atoms with E-state index in [9.17, 15) is 14.0 Å². The van der Waals surface area contributed by atoms with Crippen LogP contribution in [-0.4, -0.2) is 18.2 Å². The molecule has 0 radical (unpaired) electrons. The third kappa shape index (κ3) is 4.13. The summed E-state index contributed by atoms with van der Waals surface area (Å²) in [6.45, 7) is -0.116. The highest BCUT2D eigenvalue weighted by Crippen LogP contribution is 2.19. The predicted molar refractivity (Wildman–Crippen MR) is 99.8 cm³/mol. The van der Waals surface area contributed by atoms with Crippen molar-refractivity contribution in [3.63, 3.8) is 0 Å². The van der Waals surface area contributed by atoms with Crippen molar-refractivity contribution in [1.29, 1.82) is 0 Å². The molecule has 0 bridgehead atoms. The average Bonchev–Trinajstić information content (AvgIpc) is 2.68. The smallest absolute Gasteiger partial charge is 0.243 e. The van der Waals surface area contributed by atoms with Gasteiger partial charge in [0.15, 0.2) is 5.78 Å². The summed E-state index contributed by atoms with van der Waals surface area (Å²) >= 11 is 0. The number of nitrogens with one attached hydrogen (secondary N) is 2. The van der Waals surface area contributed by atoms with Gasteiger partial charge in [0.25, 0.3) is 0 Å². The molecule has 1 amide bonds. The van der Waals surface area contributed by atoms with Gasteiger partial charge in [-0.25, -0.2) is 4.39 Å². The fourth-order valence-corrected chi connectivity index (χ4v) is 2.51. The Morgan fingerprint density at radius 2 is 1.38 bits per heavy atom. The van der Waals surface area contributed by atoms with Crippen LogP contribution in [0, 0.1) is 5.82 Å². The van der Waals surface area contributed by atoms with Crippen molar-refractivity contribution < 1.29 is 14.0 Å². The first-order valence-electron chi connectivity index (χ1n) is 8.12. The van der Waals surface area contributed by atoms with E-state index in [1.165, 1.54) is 6.07 Å². The van der Waals surface area contributed by atoms with Crippen LogP contribution in [-0.2, 0) is 4.79 Å². The SMILES string of the molecule is O=C(CNc1ccccc1F)Nc1ccccc1C(=O)c1ccccc1. The maximum Gasteiger partial charge on any atom is 0.243 e. The molecule has 0 aliphatic carbocycles. The maximum atomic E-state index is 13.6. The summed E-state index contributed by atoms with van der Waals surface area (Å²) < 4.78 is 13.6. The van der Waals surface area contributed by atoms with E-state index >= 15 is 0 Å². The Kier molecular flexibility index (Phi) is 5.39. The normalized spacial score (nSPS) is 10.2. The van der Waals surface area contributed by atoms with Crippen LogP contribution < -0.4 is 10.6 Å². The third-order valence-electron chi connectivity index (χ3n) is 3.80. The summed E-state index contributed by atoms with van der Waals surface area (Å²) in [5, 5.41) is 5.45. The predicted octanol–water partition coefficient (Wildman–Crippen LogP) is 4.11. The number of para-hydroxylation sites is 2. The van der Waals surface area contributed by atoms with Gasteiger partial charge < -0.3 is 10.6 Å². The lowest BCUT2D eigenvalue weighted by molar-refractivity contribution is -0.114. The molecule has 5 heteroatoms. The van der Waals surface area contributed by atoms with E-state index in [1.807, 2.05) is 6.07 Å². The standard InChI is InChI=1S/C21H17FN2O2/c22-17-11-5-7-13-19(17)23-14-20(25)24-18-12-6-4-10-16(18)21(26)15-8-2-1-3-9-15/h1-13,23H,14H2,(H,24,25). The van der Waals surface area contributed by atoms with Crippen LogP contribution in [0.4, 0.5) is 15.8 Å². The minimum Gasteiger partial charge on any atom is -0.374 e. The lowest BCUT2D eigenvalue weighted by atomic mass is 10.0. The molecule has 0 aromatic heterocycles. The molecule has 2 N–H and O–H groups in total. The lowest BCUT2D eigenvalue weighted by Crippen LogP contribution is -2.23. The van der Waals surface area contributed by atoms with Gasteiger partial charge in [0.05, 0.1) is 17.9 Å². The van der Waals surface area contributed by atoms with E-state index in [0.717, 1.165) is 0 Å². The van der Waals surface area contributed by atoms with Gasteiger partial charge >= 0.3 is 0 Å². The molecule has 130 valence electrons. The zero-order valence-corrected chi connectivity index (χ0v) is 13.9. The molecule has 0 aliphatic heterocycles. The van der Waals surface area contributed by atoms with Crippen LogP contribution in [0.1, 0.15) is 15.9 Å². The number of halogens is 1. The minimum absolute atomic E-state index is 0.116. The largest absolute Gasteiger partial charge is 0.374 e. The maximum absolute atomic E-state index is 13.6. The van der Waals surface area contributed by atoms with E-state index in [0.29, 0.717) is 16.8 Å². The number of hydrogen-bond acceptors (Lipinski definition) is 3. The highest BCUT2D eigenvalue weighted by molar-refractivity contribution is 6.14. The summed E-state index contributed by atoms with van der Waals surface area (Å²) in [4.78, 5) is 24.9. The van der Waals surface area contributed by atoms with Crippen molar-refractivity contribution in [2.24, 2.45) is 0 Å². The van der Waals surface area contributed by atoms with Crippen molar-refractivity contribution in [1.82, 2.24) is 0 Å². The van der Waals surface area contributed by atoms with Crippen LogP contribution in [0.3, 0.4) is 0 Å². The molecule has 3 aromatic carbocycles. The van der Waals surface area contributed by atoms with E-state index in [4.69, 9.17) is 0 Å². The van der Waals surface area contributed by atoms with Gasteiger partial charge in [-0.2, -0.15) is 0 Å². The molecule has 3 rings (SSSR count). The number of anilines is 2. The van der Waals surface area contributed by atoms with Crippen LogP contribution in [0.15, 0.2) is 78.9 Å². The van der Waals surface area contributed by atoms with Gasteiger partial charge in [-0.15, -0.1) is 0 Å². The zero-order valence-electron chi connectivity index (χ0n) is 13.9. The number of carbonyl (C=O) groups is 2. The third-order valence-corrected chi connectivity index (χ3v) is 3.80. The number of rotatable bonds is 6. The molecule has 0 unspecified atom stereocenters. The molecule has 0 spiro atoms. The number of benzene rings is 3. The summed E-state index contributed by atoms with van der Waals surface area (Å²) in [6.07, 6.45) is 0. The first-order chi connectivity index (χ1) is 12.6. The Balaban J connectivity index is 1.71. The summed E-state index contributed by atoms with van der Waals surface area (Å²) in [6, 6.07) is 21.8. The highest BCUT2D eigenvalue weighted by Gasteiger charge is 2.14. The topological polar surface area (TPSA) is 58.2 Å². The van der Waals surface area contributed by atoms with Gasteiger partial charge in [-0.3, -0.25) is 9.59 Å². The molecule has 4 nitrogen and oxygen atoms in total. The molecule has 3 aromatic rings. The van der Waals surface area contributed by atoms with Gasteiger partial charge in [0.1, 0.15) is 5.82 Å². The van der Waals surface area contributed by atoms with Gasteiger partial charge in [-0.1, -0.05) is 54.6 Å². The van der Waals surface area contributed by atoms with E-state index in [-0.39, 0.29) is 23.9 Å². The van der Waals surface area contributed by atoms with E-state index in [1.54, 1.807) is 66.7 Å². The van der Waals surface area contributed by atoms with Crippen molar-refractivity contribution in [3.8, 4) is 0 Å². The number of ketones is 1. The van der Waals surface area contributed by atoms with Crippen molar-refractivity contribution in [2.45, 2.75) is 0 Å². The fourth-order valence-electron chi connectivity index (χ4n) is 2.51.